The van der Waals surface area contributed by atoms with Crippen LogP contribution in [0, 0.1) is 0 Å². The van der Waals surface area contributed by atoms with Crippen molar-refractivity contribution in [3.63, 3.8) is 0 Å². The van der Waals surface area contributed by atoms with Crippen LogP contribution in [0.4, 0.5) is 0 Å². The van der Waals surface area contributed by atoms with E-state index in [1.165, 1.54) is 0 Å². The molecule has 0 N–H and O–H groups in total. The maximum absolute atomic E-state index is 12.1. The molecule has 0 bridgehead atoms. The molecule has 1 fully saturated rings. The van der Waals surface area contributed by atoms with Crippen molar-refractivity contribution in [3.8, 4) is 0 Å². The van der Waals surface area contributed by atoms with Crippen LogP contribution < -0.4 is 0 Å². The third-order valence-corrected chi connectivity index (χ3v) is 3.30. The average molecular weight is 248 g/mol. The zero-order valence-corrected chi connectivity index (χ0v) is 10.8. The van der Waals surface area contributed by atoms with Gasteiger partial charge in [0.2, 0.25) is 5.91 Å². The largest absolute Gasteiger partial charge is 0.375 e. The third-order valence-electron chi connectivity index (χ3n) is 3.30. The smallest absolute Gasteiger partial charge is 0.223 e. The van der Waals surface area contributed by atoms with Gasteiger partial charge in [-0.15, -0.1) is 0 Å². The molecule has 1 saturated heterocycles. The topological polar surface area (TPSA) is 42.4 Å². The van der Waals surface area contributed by atoms with Crippen molar-refractivity contribution < 1.29 is 9.53 Å². The predicted octanol–water partition coefficient (Wildman–Crippen LogP) is 1.65. The van der Waals surface area contributed by atoms with E-state index in [1.807, 2.05) is 23.2 Å². The Kier molecular flexibility index (Phi) is 4.70. The van der Waals surface area contributed by atoms with Gasteiger partial charge >= 0.3 is 0 Å². The Hall–Kier alpha value is -1.42. The van der Waals surface area contributed by atoms with Gasteiger partial charge in [0.1, 0.15) is 0 Å². The summed E-state index contributed by atoms with van der Waals surface area (Å²) in [6.45, 7) is 4.22. The lowest BCUT2D eigenvalue weighted by atomic mass is 10.1. The summed E-state index contributed by atoms with van der Waals surface area (Å²) >= 11 is 0. The lowest BCUT2D eigenvalue weighted by Gasteiger charge is -2.32. The number of aromatic nitrogens is 1. The molecule has 98 valence electrons. The lowest BCUT2D eigenvalue weighted by Crippen LogP contribution is -2.45. The van der Waals surface area contributed by atoms with Gasteiger partial charge in [-0.05, 0) is 24.5 Å². The van der Waals surface area contributed by atoms with Gasteiger partial charge in [-0.3, -0.25) is 9.78 Å². The average Bonchev–Trinajstić information content (AvgIpc) is 2.46. The first kappa shape index (κ1) is 13.0. The minimum absolute atomic E-state index is 0.209. The molecule has 0 aliphatic carbocycles. The van der Waals surface area contributed by atoms with Crippen molar-refractivity contribution in [2.45, 2.75) is 32.3 Å². The van der Waals surface area contributed by atoms with Gasteiger partial charge in [-0.1, -0.05) is 13.0 Å². The highest BCUT2D eigenvalue weighted by Crippen LogP contribution is 2.10. The molecule has 1 unspecified atom stereocenters. The fraction of sp³-hybridized carbons (Fsp3) is 0.571. The highest BCUT2D eigenvalue weighted by molar-refractivity contribution is 5.76. The summed E-state index contributed by atoms with van der Waals surface area (Å²) < 4.78 is 5.57. The zero-order chi connectivity index (χ0) is 12.8. The van der Waals surface area contributed by atoms with E-state index < -0.39 is 0 Å². The van der Waals surface area contributed by atoms with E-state index in [4.69, 9.17) is 4.74 Å². The Morgan fingerprint density at radius 3 is 3.22 bits per heavy atom. The number of pyridine rings is 1. The summed E-state index contributed by atoms with van der Waals surface area (Å²) in [5.41, 5.74) is 1.12. The van der Waals surface area contributed by atoms with Crippen LogP contribution in [-0.4, -0.2) is 41.6 Å². The Balaban J connectivity index is 1.81. The summed E-state index contributed by atoms with van der Waals surface area (Å²) in [7, 11) is 0. The minimum atomic E-state index is 0.209. The number of carbonyl (C=O) groups excluding carboxylic acids is 1. The molecular formula is C14H20N2O2. The van der Waals surface area contributed by atoms with Crippen LogP contribution in [0.5, 0.6) is 0 Å². The predicted molar refractivity (Wildman–Crippen MR) is 69.2 cm³/mol. The first-order valence-electron chi connectivity index (χ1n) is 6.58. The van der Waals surface area contributed by atoms with Crippen LogP contribution in [0.2, 0.25) is 0 Å². The number of morpholine rings is 1. The Morgan fingerprint density at radius 1 is 1.61 bits per heavy atom. The van der Waals surface area contributed by atoms with Crippen molar-refractivity contribution in [2.75, 3.05) is 19.7 Å². The molecule has 1 aromatic heterocycles. The van der Waals surface area contributed by atoms with E-state index in [0.717, 1.165) is 31.5 Å². The van der Waals surface area contributed by atoms with Gasteiger partial charge in [0.15, 0.2) is 0 Å². The fourth-order valence-corrected chi connectivity index (χ4v) is 2.15. The van der Waals surface area contributed by atoms with Gasteiger partial charge in [0, 0.05) is 31.9 Å². The third kappa shape index (κ3) is 3.53. The normalized spacial score (nSPS) is 19.8. The summed E-state index contributed by atoms with van der Waals surface area (Å²) in [6.07, 6.45) is 6.07. The van der Waals surface area contributed by atoms with Gasteiger partial charge in [0.05, 0.1) is 12.7 Å². The maximum atomic E-state index is 12.1. The molecule has 18 heavy (non-hydrogen) atoms. The number of aryl methyl sites for hydroxylation is 1. The standard InChI is InChI=1S/C14H20N2O2/c1-2-13-11-16(8-9-18-13)14(17)6-5-12-4-3-7-15-10-12/h3-4,7,10,13H,2,5-6,8-9,11H2,1H3. The van der Waals surface area contributed by atoms with E-state index in [2.05, 4.69) is 11.9 Å². The molecule has 1 aliphatic rings. The zero-order valence-electron chi connectivity index (χ0n) is 10.8. The Bertz CT molecular complexity index is 381. The second kappa shape index (κ2) is 6.50. The molecule has 2 heterocycles. The second-order valence-corrected chi connectivity index (χ2v) is 4.60. The molecule has 0 radical (unpaired) electrons. The van der Waals surface area contributed by atoms with Crippen molar-refractivity contribution in [2.24, 2.45) is 0 Å². The number of nitrogens with zero attached hydrogens (tertiary/aromatic N) is 2. The second-order valence-electron chi connectivity index (χ2n) is 4.60. The van der Waals surface area contributed by atoms with Gasteiger partial charge in [-0.2, -0.15) is 0 Å². The van der Waals surface area contributed by atoms with Crippen molar-refractivity contribution >= 4 is 5.91 Å². The molecule has 4 nitrogen and oxygen atoms in total. The molecule has 1 aromatic rings. The van der Waals surface area contributed by atoms with E-state index in [-0.39, 0.29) is 12.0 Å². The van der Waals surface area contributed by atoms with Gasteiger partial charge in [0.25, 0.3) is 0 Å². The molecule has 1 amide bonds. The Morgan fingerprint density at radius 2 is 2.50 bits per heavy atom. The minimum Gasteiger partial charge on any atom is -0.375 e. The molecule has 0 spiro atoms. The molecular weight excluding hydrogens is 228 g/mol. The molecule has 0 saturated carbocycles. The molecule has 0 aromatic carbocycles. The van der Waals surface area contributed by atoms with E-state index in [9.17, 15) is 4.79 Å². The number of hydrogen-bond acceptors (Lipinski definition) is 3. The molecule has 2 rings (SSSR count). The van der Waals surface area contributed by atoms with Gasteiger partial charge in [-0.25, -0.2) is 0 Å². The van der Waals surface area contributed by atoms with Crippen LogP contribution in [0.15, 0.2) is 24.5 Å². The lowest BCUT2D eigenvalue weighted by molar-refractivity contribution is -0.138. The summed E-state index contributed by atoms with van der Waals surface area (Å²) in [6, 6.07) is 3.91. The highest BCUT2D eigenvalue weighted by Gasteiger charge is 2.22. The van der Waals surface area contributed by atoms with Crippen LogP contribution >= 0.6 is 0 Å². The van der Waals surface area contributed by atoms with E-state index in [1.54, 1.807) is 6.20 Å². The van der Waals surface area contributed by atoms with Crippen molar-refractivity contribution in [3.05, 3.63) is 30.1 Å². The maximum Gasteiger partial charge on any atom is 0.223 e. The van der Waals surface area contributed by atoms with Crippen LogP contribution in [-0.2, 0) is 16.0 Å². The van der Waals surface area contributed by atoms with Gasteiger partial charge < -0.3 is 9.64 Å². The molecule has 1 aliphatic heterocycles. The first-order valence-corrected chi connectivity index (χ1v) is 6.58. The quantitative estimate of drug-likeness (QED) is 0.813. The Labute approximate surface area is 108 Å². The number of carbonyl (C=O) groups is 1. The van der Waals surface area contributed by atoms with Crippen LogP contribution in [0.3, 0.4) is 0 Å². The SMILES string of the molecule is CCC1CN(C(=O)CCc2cccnc2)CCO1. The van der Waals surface area contributed by atoms with Crippen LogP contribution in [0.1, 0.15) is 25.3 Å². The summed E-state index contributed by atoms with van der Waals surface area (Å²) in [5, 5.41) is 0. The van der Waals surface area contributed by atoms with Crippen molar-refractivity contribution in [1.82, 2.24) is 9.88 Å². The molecule has 4 heteroatoms. The molecule has 1 atom stereocenters. The number of hydrogen-bond donors (Lipinski definition) is 0. The summed E-state index contributed by atoms with van der Waals surface area (Å²) in [5.74, 6) is 0.223. The number of amides is 1. The monoisotopic (exact) mass is 248 g/mol. The highest BCUT2D eigenvalue weighted by atomic mass is 16.5. The number of ether oxygens (including phenoxy) is 1. The van der Waals surface area contributed by atoms with Crippen molar-refractivity contribution in [1.29, 1.82) is 0 Å². The van der Waals surface area contributed by atoms with E-state index in [0.29, 0.717) is 13.0 Å². The summed E-state index contributed by atoms with van der Waals surface area (Å²) in [4.78, 5) is 18.1. The number of rotatable bonds is 4. The van der Waals surface area contributed by atoms with E-state index >= 15 is 0 Å². The fourth-order valence-electron chi connectivity index (χ4n) is 2.15. The van der Waals surface area contributed by atoms with Crippen LogP contribution in [0.25, 0.3) is 0 Å². The first-order chi connectivity index (χ1) is 8.79.